The van der Waals surface area contributed by atoms with E-state index in [2.05, 4.69) is 26.0 Å². The number of carbonyl (C=O) groups excluding carboxylic acids is 2. The first kappa shape index (κ1) is 14.6. The van der Waals surface area contributed by atoms with E-state index in [0.717, 1.165) is 0 Å². The molecule has 1 amide bonds. The molecule has 4 nitrogen and oxygen atoms in total. The van der Waals surface area contributed by atoms with E-state index in [-0.39, 0.29) is 25.1 Å². The molecule has 18 heavy (non-hydrogen) atoms. The number of halogens is 2. The summed E-state index contributed by atoms with van der Waals surface area (Å²) in [7, 11) is 0. The minimum atomic E-state index is -0.533. The van der Waals surface area contributed by atoms with Crippen molar-refractivity contribution in [2.75, 3.05) is 11.9 Å². The lowest BCUT2D eigenvalue weighted by Crippen LogP contribution is -2.15. The Kier molecular flexibility index (Phi) is 5.77. The zero-order valence-electron chi connectivity index (χ0n) is 9.83. The predicted octanol–water partition coefficient (Wildman–Crippen LogP) is 2.87. The average molecular weight is 318 g/mol. The number of hydrogen-bond acceptors (Lipinski definition) is 3. The fraction of sp³-hybridized carbons (Fsp3) is 0.333. The molecule has 1 rings (SSSR count). The first-order chi connectivity index (χ1) is 8.54. The Morgan fingerprint density at radius 3 is 2.72 bits per heavy atom. The smallest absolute Gasteiger partial charge is 0.306 e. The Hall–Kier alpha value is -1.43. The number of hydrogen-bond donors (Lipinski definition) is 1. The number of para-hydroxylation sites is 1. The topological polar surface area (TPSA) is 55.4 Å². The van der Waals surface area contributed by atoms with Crippen molar-refractivity contribution in [3.63, 3.8) is 0 Å². The molecule has 98 valence electrons. The van der Waals surface area contributed by atoms with E-state index >= 15 is 0 Å². The molecule has 1 N–H and O–H groups in total. The summed E-state index contributed by atoms with van der Waals surface area (Å²) in [5, 5.41) is 2.41. The van der Waals surface area contributed by atoms with Crippen LogP contribution >= 0.6 is 15.9 Å². The van der Waals surface area contributed by atoms with Gasteiger partial charge in [0.2, 0.25) is 5.91 Å². The molecule has 0 aliphatic carbocycles. The number of benzene rings is 1. The third kappa shape index (κ3) is 4.44. The Bertz CT molecular complexity index is 431. The average Bonchev–Trinajstić information content (AvgIpc) is 2.32. The fourth-order valence-corrected chi connectivity index (χ4v) is 1.71. The summed E-state index contributed by atoms with van der Waals surface area (Å²) in [5.41, 5.74) is 0.0753. The zero-order chi connectivity index (χ0) is 13.5. The summed E-state index contributed by atoms with van der Waals surface area (Å²) >= 11 is 3.13. The molecule has 1 aromatic rings. The van der Waals surface area contributed by atoms with E-state index in [9.17, 15) is 14.0 Å². The summed E-state index contributed by atoms with van der Waals surface area (Å²) in [6, 6.07) is 4.38. The van der Waals surface area contributed by atoms with Crippen LogP contribution in [-0.4, -0.2) is 18.5 Å². The highest BCUT2D eigenvalue weighted by Crippen LogP contribution is 2.25. The quantitative estimate of drug-likeness (QED) is 0.850. The molecule has 0 unspecified atom stereocenters. The van der Waals surface area contributed by atoms with Crippen LogP contribution < -0.4 is 5.32 Å². The van der Waals surface area contributed by atoms with E-state index in [0.29, 0.717) is 4.47 Å². The van der Waals surface area contributed by atoms with Crippen LogP contribution in [0.1, 0.15) is 19.8 Å². The lowest BCUT2D eigenvalue weighted by Gasteiger charge is -2.08. The summed E-state index contributed by atoms with van der Waals surface area (Å²) in [6.07, 6.45) is -0.0641. The van der Waals surface area contributed by atoms with Crippen molar-refractivity contribution < 1.29 is 18.7 Å². The molecule has 0 aromatic heterocycles. The van der Waals surface area contributed by atoms with Crippen LogP contribution in [0.4, 0.5) is 10.1 Å². The zero-order valence-corrected chi connectivity index (χ0v) is 11.4. The molecule has 0 spiro atoms. The fourth-order valence-electron chi connectivity index (χ4n) is 1.27. The summed E-state index contributed by atoms with van der Waals surface area (Å²) in [6.45, 7) is 1.97. The van der Waals surface area contributed by atoms with Crippen molar-refractivity contribution in [2.24, 2.45) is 0 Å². The molecule has 6 heteroatoms. The maximum Gasteiger partial charge on any atom is 0.306 e. The van der Waals surface area contributed by atoms with Gasteiger partial charge >= 0.3 is 5.97 Å². The van der Waals surface area contributed by atoms with Gasteiger partial charge in [0.1, 0.15) is 5.82 Å². The first-order valence-electron chi connectivity index (χ1n) is 5.44. The van der Waals surface area contributed by atoms with Crippen molar-refractivity contribution >= 4 is 33.5 Å². The van der Waals surface area contributed by atoms with E-state index in [1.807, 2.05) is 0 Å². The summed E-state index contributed by atoms with van der Waals surface area (Å²) in [5.74, 6) is -1.41. The van der Waals surface area contributed by atoms with Crippen molar-refractivity contribution in [2.45, 2.75) is 19.8 Å². The van der Waals surface area contributed by atoms with Crippen LogP contribution in [-0.2, 0) is 14.3 Å². The Labute approximate surface area is 113 Å². The van der Waals surface area contributed by atoms with Crippen LogP contribution in [0.25, 0.3) is 0 Å². The lowest BCUT2D eigenvalue weighted by atomic mass is 10.2. The minimum Gasteiger partial charge on any atom is -0.466 e. The van der Waals surface area contributed by atoms with Gasteiger partial charge in [0.25, 0.3) is 0 Å². The van der Waals surface area contributed by atoms with Crippen molar-refractivity contribution in [1.82, 2.24) is 0 Å². The van der Waals surface area contributed by atoms with Crippen LogP contribution in [0.5, 0.6) is 0 Å². The van der Waals surface area contributed by atoms with Crippen molar-refractivity contribution in [3.05, 3.63) is 28.5 Å². The molecule has 0 fully saturated rings. The maximum absolute atomic E-state index is 13.4. The van der Waals surface area contributed by atoms with E-state index < -0.39 is 17.7 Å². The number of carbonyl (C=O) groups is 2. The van der Waals surface area contributed by atoms with E-state index in [1.165, 1.54) is 12.1 Å². The van der Waals surface area contributed by atoms with Gasteiger partial charge in [-0.15, -0.1) is 0 Å². The monoisotopic (exact) mass is 317 g/mol. The Balaban J connectivity index is 2.52. The standard InChI is InChI=1S/C12H13BrFNO3/c1-2-18-11(17)7-6-10(16)15-12-8(13)4-3-5-9(12)14/h3-5H,2,6-7H2,1H3,(H,15,16). The van der Waals surface area contributed by atoms with Gasteiger partial charge in [0, 0.05) is 10.9 Å². The number of amides is 1. The van der Waals surface area contributed by atoms with Gasteiger partial charge in [-0.2, -0.15) is 0 Å². The number of rotatable bonds is 5. The Morgan fingerprint density at radius 1 is 1.39 bits per heavy atom. The van der Waals surface area contributed by atoms with Gasteiger partial charge in [0.15, 0.2) is 0 Å². The van der Waals surface area contributed by atoms with Gasteiger partial charge in [-0.05, 0) is 35.0 Å². The number of nitrogens with one attached hydrogen (secondary N) is 1. The molecule has 0 aliphatic rings. The molecule has 0 saturated heterocycles. The number of esters is 1. The van der Waals surface area contributed by atoms with Crippen LogP contribution in [0.2, 0.25) is 0 Å². The third-order valence-electron chi connectivity index (χ3n) is 2.09. The highest BCUT2D eigenvalue weighted by Gasteiger charge is 2.12. The molecular formula is C12H13BrFNO3. The number of anilines is 1. The lowest BCUT2D eigenvalue weighted by molar-refractivity contribution is -0.144. The second-order valence-electron chi connectivity index (χ2n) is 3.45. The third-order valence-corrected chi connectivity index (χ3v) is 2.75. The van der Waals surface area contributed by atoms with Gasteiger partial charge in [-0.1, -0.05) is 6.07 Å². The molecule has 0 atom stereocenters. The molecule has 0 radical (unpaired) electrons. The normalized spacial score (nSPS) is 9.94. The first-order valence-corrected chi connectivity index (χ1v) is 6.23. The summed E-state index contributed by atoms with van der Waals surface area (Å²) in [4.78, 5) is 22.6. The largest absolute Gasteiger partial charge is 0.466 e. The van der Waals surface area contributed by atoms with Gasteiger partial charge in [0.05, 0.1) is 18.7 Å². The van der Waals surface area contributed by atoms with Gasteiger partial charge in [-0.25, -0.2) is 4.39 Å². The second-order valence-corrected chi connectivity index (χ2v) is 4.30. The Morgan fingerprint density at radius 2 is 2.11 bits per heavy atom. The molecular weight excluding hydrogens is 305 g/mol. The molecule has 0 bridgehead atoms. The minimum absolute atomic E-state index is 0.0221. The maximum atomic E-state index is 13.4. The van der Waals surface area contributed by atoms with E-state index in [1.54, 1.807) is 13.0 Å². The second kappa shape index (κ2) is 7.10. The van der Waals surface area contributed by atoms with Crippen LogP contribution in [0.15, 0.2) is 22.7 Å². The van der Waals surface area contributed by atoms with Gasteiger partial charge < -0.3 is 10.1 Å². The SMILES string of the molecule is CCOC(=O)CCC(=O)Nc1c(F)cccc1Br. The molecule has 0 aliphatic heterocycles. The van der Waals surface area contributed by atoms with Crippen molar-refractivity contribution in [3.8, 4) is 0 Å². The van der Waals surface area contributed by atoms with Gasteiger partial charge in [-0.3, -0.25) is 9.59 Å². The molecule has 0 saturated carbocycles. The van der Waals surface area contributed by atoms with E-state index in [4.69, 9.17) is 0 Å². The highest BCUT2D eigenvalue weighted by molar-refractivity contribution is 9.10. The molecule has 0 heterocycles. The van der Waals surface area contributed by atoms with Crippen molar-refractivity contribution in [1.29, 1.82) is 0 Å². The predicted molar refractivity (Wildman–Crippen MR) is 68.6 cm³/mol. The molecule has 1 aromatic carbocycles. The number of ether oxygens (including phenoxy) is 1. The van der Waals surface area contributed by atoms with Crippen LogP contribution in [0.3, 0.4) is 0 Å². The highest BCUT2D eigenvalue weighted by atomic mass is 79.9. The van der Waals surface area contributed by atoms with Crippen LogP contribution in [0, 0.1) is 5.82 Å². The summed E-state index contributed by atoms with van der Waals surface area (Å²) < 4.78 is 18.5.